The average Bonchev–Trinajstić information content (AvgIpc) is 2.71. The molecular weight excluding hydrogens is 510 g/mol. The van der Waals surface area contributed by atoms with Crippen molar-refractivity contribution < 1.29 is 13.5 Å². The lowest BCUT2D eigenvalue weighted by molar-refractivity contribution is 0.422. The van der Waals surface area contributed by atoms with Crippen molar-refractivity contribution in [2.24, 2.45) is 0 Å². The van der Waals surface area contributed by atoms with Crippen LogP contribution >= 0.6 is 15.9 Å². The Morgan fingerprint density at radius 2 is 1.35 bits per heavy atom. The van der Waals surface area contributed by atoms with Crippen LogP contribution in [0.2, 0.25) is 0 Å². The maximum atomic E-state index is 13.4. The Morgan fingerprint density at radius 1 is 0.824 bits per heavy atom. The molecule has 0 aromatic heterocycles. The van der Waals surface area contributed by atoms with Crippen LogP contribution in [0.3, 0.4) is 0 Å². The van der Waals surface area contributed by atoms with Gasteiger partial charge in [0.2, 0.25) is 10.0 Å². The third kappa shape index (κ3) is 5.91. The van der Waals surface area contributed by atoms with Crippen molar-refractivity contribution in [3.05, 3.63) is 93.0 Å². The van der Waals surface area contributed by atoms with Gasteiger partial charge in [0.1, 0.15) is 5.75 Å². The molecule has 0 saturated heterocycles. The predicted octanol–water partition coefficient (Wildman–Crippen LogP) is 7.13. The lowest BCUT2D eigenvalue weighted by Crippen LogP contribution is -2.30. The molecule has 0 aliphatic rings. The SMILES string of the molecule is Cc1ccc(S(=O)(=O)NC(c2cccc(Br)c2)c2cc(C(C)(C)C)c(O)c(C(C)(C)C)c2)cc1. The van der Waals surface area contributed by atoms with Gasteiger partial charge in [0.15, 0.2) is 0 Å². The first-order chi connectivity index (χ1) is 15.6. The van der Waals surface area contributed by atoms with Crippen LogP contribution < -0.4 is 4.72 Å². The van der Waals surface area contributed by atoms with Gasteiger partial charge >= 0.3 is 0 Å². The molecule has 2 N–H and O–H groups in total. The summed E-state index contributed by atoms with van der Waals surface area (Å²) in [5.41, 5.74) is 3.46. The minimum absolute atomic E-state index is 0.212. The number of sulfonamides is 1. The van der Waals surface area contributed by atoms with Gasteiger partial charge in [0.05, 0.1) is 10.9 Å². The van der Waals surface area contributed by atoms with Crippen molar-refractivity contribution >= 4 is 26.0 Å². The first-order valence-electron chi connectivity index (χ1n) is 11.3. The van der Waals surface area contributed by atoms with E-state index in [-0.39, 0.29) is 21.5 Å². The molecule has 3 aromatic carbocycles. The van der Waals surface area contributed by atoms with Crippen molar-refractivity contribution in [1.82, 2.24) is 4.72 Å². The second-order valence-corrected chi connectivity index (χ2v) is 13.5. The minimum Gasteiger partial charge on any atom is -0.507 e. The number of hydrogen-bond acceptors (Lipinski definition) is 3. The maximum absolute atomic E-state index is 13.4. The third-order valence-electron chi connectivity index (χ3n) is 5.87. The number of phenolic OH excluding ortho intramolecular Hbond substituents is 1. The molecule has 0 heterocycles. The van der Waals surface area contributed by atoms with Crippen LogP contribution in [0.4, 0.5) is 0 Å². The summed E-state index contributed by atoms with van der Waals surface area (Å²) >= 11 is 3.52. The summed E-state index contributed by atoms with van der Waals surface area (Å²) in [6, 6.07) is 17.7. The van der Waals surface area contributed by atoms with Crippen LogP contribution in [0.5, 0.6) is 5.75 Å². The molecule has 1 atom stereocenters. The molecule has 34 heavy (non-hydrogen) atoms. The number of aryl methyl sites for hydroxylation is 1. The molecular formula is C28H34BrNO3S. The molecule has 0 fully saturated rings. The normalized spacial score (nSPS) is 13.6. The minimum atomic E-state index is -3.82. The zero-order valence-electron chi connectivity index (χ0n) is 20.9. The van der Waals surface area contributed by atoms with E-state index < -0.39 is 16.1 Å². The molecule has 0 spiro atoms. The van der Waals surface area contributed by atoms with Crippen molar-refractivity contribution in [3.63, 3.8) is 0 Å². The highest BCUT2D eigenvalue weighted by molar-refractivity contribution is 9.10. The fraction of sp³-hybridized carbons (Fsp3) is 0.357. The fourth-order valence-electron chi connectivity index (χ4n) is 3.92. The topological polar surface area (TPSA) is 66.4 Å². The summed E-state index contributed by atoms with van der Waals surface area (Å²) < 4.78 is 30.7. The molecule has 0 radical (unpaired) electrons. The van der Waals surface area contributed by atoms with Crippen molar-refractivity contribution in [3.8, 4) is 5.75 Å². The van der Waals surface area contributed by atoms with Gasteiger partial charge in [-0.1, -0.05) is 87.3 Å². The Bertz CT molecular complexity index is 1250. The third-order valence-corrected chi connectivity index (χ3v) is 7.80. The molecule has 1 unspecified atom stereocenters. The molecule has 0 saturated carbocycles. The van der Waals surface area contributed by atoms with Gasteiger partial charge in [-0.2, -0.15) is 4.72 Å². The average molecular weight is 545 g/mol. The van der Waals surface area contributed by atoms with Gasteiger partial charge in [-0.15, -0.1) is 0 Å². The van der Waals surface area contributed by atoms with E-state index in [1.165, 1.54) is 0 Å². The van der Waals surface area contributed by atoms with E-state index in [1.54, 1.807) is 24.3 Å². The summed E-state index contributed by atoms with van der Waals surface area (Å²) in [6.07, 6.45) is 0. The highest BCUT2D eigenvalue weighted by atomic mass is 79.9. The Kier molecular flexibility index (Phi) is 7.38. The van der Waals surface area contributed by atoms with Crippen molar-refractivity contribution in [1.29, 1.82) is 0 Å². The predicted molar refractivity (Wildman–Crippen MR) is 143 cm³/mol. The molecule has 182 valence electrons. The van der Waals surface area contributed by atoms with Gasteiger partial charge in [0, 0.05) is 4.47 Å². The molecule has 0 aliphatic carbocycles. The molecule has 0 amide bonds. The highest BCUT2D eigenvalue weighted by Gasteiger charge is 2.30. The Morgan fingerprint density at radius 3 is 1.82 bits per heavy atom. The van der Waals surface area contributed by atoms with Crippen molar-refractivity contribution in [2.75, 3.05) is 0 Å². The van der Waals surface area contributed by atoms with E-state index in [0.29, 0.717) is 0 Å². The van der Waals surface area contributed by atoms with Crippen LogP contribution in [0.25, 0.3) is 0 Å². The van der Waals surface area contributed by atoms with Crippen LogP contribution in [0, 0.1) is 6.92 Å². The van der Waals surface area contributed by atoms with Gasteiger partial charge < -0.3 is 5.11 Å². The largest absolute Gasteiger partial charge is 0.507 e. The van der Waals surface area contributed by atoms with Gasteiger partial charge in [-0.05, 0) is 76.4 Å². The van der Waals surface area contributed by atoms with Gasteiger partial charge in [-0.3, -0.25) is 0 Å². The summed E-state index contributed by atoms with van der Waals surface area (Å²) in [6.45, 7) is 14.2. The Labute approximate surface area is 212 Å². The van der Waals surface area contributed by atoms with Crippen LogP contribution in [-0.2, 0) is 20.9 Å². The second kappa shape index (κ2) is 9.48. The maximum Gasteiger partial charge on any atom is 0.241 e. The first kappa shape index (κ1) is 26.5. The molecule has 0 bridgehead atoms. The van der Waals surface area contributed by atoms with E-state index in [1.807, 2.05) is 84.9 Å². The molecule has 3 aromatic rings. The van der Waals surface area contributed by atoms with E-state index in [9.17, 15) is 13.5 Å². The number of rotatable bonds is 5. The van der Waals surface area contributed by atoms with Crippen molar-refractivity contribution in [2.45, 2.75) is 70.2 Å². The number of phenols is 1. The molecule has 6 heteroatoms. The second-order valence-electron chi connectivity index (χ2n) is 10.9. The molecule has 3 rings (SSSR count). The zero-order chi connectivity index (χ0) is 25.5. The first-order valence-corrected chi connectivity index (χ1v) is 13.6. The van der Waals surface area contributed by atoms with E-state index in [2.05, 4.69) is 20.7 Å². The van der Waals surface area contributed by atoms with Crippen LogP contribution in [0.1, 0.15) is 75.4 Å². The summed E-state index contributed by atoms with van der Waals surface area (Å²) in [5.74, 6) is 0.262. The van der Waals surface area contributed by atoms with Crippen LogP contribution in [-0.4, -0.2) is 13.5 Å². The number of nitrogens with one attached hydrogen (secondary N) is 1. The Hall–Kier alpha value is -2.15. The summed E-state index contributed by atoms with van der Waals surface area (Å²) in [5, 5.41) is 11.2. The number of benzene rings is 3. The smallest absolute Gasteiger partial charge is 0.241 e. The highest BCUT2D eigenvalue weighted by Crippen LogP contribution is 2.42. The lowest BCUT2D eigenvalue weighted by atomic mass is 9.77. The van der Waals surface area contributed by atoms with E-state index in [4.69, 9.17) is 0 Å². The number of hydrogen-bond donors (Lipinski definition) is 2. The number of halogens is 1. The fourth-order valence-corrected chi connectivity index (χ4v) is 5.55. The monoisotopic (exact) mass is 543 g/mol. The Balaban J connectivity index is 2.26. The van der Waals surface area contributed by atoms with Gasteiger partial charge in [0.25, 0.3) is 0 Å². The lowest BCUT2D eigenvalue weighted by Gasteiger charge is -2.30. The summed E-state index contributed by atoms with van der Waals surface area (Å²) in [7, 11) is -3.82. The van der Waals surface area contributed by atoms with E-state index in [0.717, 1.165) is 32.3 Å². The quantitative estimate of drug-likeness (QED) is 0.359. The standard InChI is InChI=1S/C28H34BrNO3S/c1-18-11-13-22(14-12-18)34(32,33)30-25(19-9-8-10-21(29)15-19)20-16-23(27(2,3)4)26(31)24(17-20)28(5,6)7/h8-17,25,30-31H,1-7H3. The number of aromatic hydroxyl groups is 1. The van der Waals surface area contributed by atoms with E-state index >= 15 is 0 Å². The zero-order valence-corrected chi connectivity index (χ0v) is 23.3. The van der Waals surface area contributed by atoms with Crippen LogP contribution in [0.15, 0.2) is 70.0 Å². The summed E-state index contributed by atoms with van der Waals surface area (Å²) in [4.78, 5) is 0.212. The molecule has 4 nitrogen and oxygen atoms in total. The molecule has 0 aliphatic heterocycles. The van der Waals surface area contributed by atoms with Gasteiger partial charge in [-0.25, -0.2) is 8.42 Å².